The topological polar surface area (TPSA) is 35.9 Å². The standard InChI is InChI=1S/C15H23ClN2O2/c1-17(2)8-13-10-18(5-6-20-11-13)9-12-3-4-15(19)14(16)7-12/h3-4,7,13,19H,5-6,8-11H2,1-2H3/t13-/m1/s1. The SMILES string of the molecule is CN(C)C[C@H]1COCCN(Cc2ccc(O)c(Cl)c2)C1. The predicted octanol–water partition coefficient (Wildman–Crippen LogP) is 2.06. The second-order valence-corrected chi connectivity index (χ2v) is 6.13. The number of aromatic hydroxyl groups is 1. The van der Waals surface area contributed by atoms with Gasteiger partial charge in [-0.05, 0) is 31.8 Å². The van der Waals surface area contributed by atoms with Crippen molar-refractivity contribution in [1.29, 1.82) is 0 Å². The van der Waals surface area contributed by atoms with Crippen LogP contribution < -0.4 is 0 Å². The Hall–Kier alpha value is -0.810. The van der Waals surface area contributed by atoms with Crippen molar-refractivity contribution in [3.8, 4) is 5.75 Å². The number of rotatable bonds is 4. The summed E-state index contributed by atoms with van der Waals surface area (Å²) in [6.07, 6.45) is 0. The molecule has 0 amide bonds. The number of phenolic OH excluding ortho intramolecular Hbond substituents is 1. The summed E-state index contributed by atoms with van der Waals surface area (Å²) >= 11 is 5.96. The van der Waals surface area contributed by atoms with Crippen LogP contribution in [0.4, 0.5) is 0 Å². The van der Waals surface area contributed by atoms with Crippen molar-refractivity contribution >= 4 is 11.6 Å². The molecule has 0 aliphatic carbocycles. The number of halogens is 1. The van der Waals surface area contributed by atoms with E-state index in [9.17, 15) is 5.11 Å². The van der Waals surface area contributed by atoms with Crippen LogP contribution >= 0.6 is 11.6 Å². The van der Waals surface area contributed by atoms with Crippen molar-refractivity contribution < 1.29 is 9.84 Å². The molecule has 1 atom stereocenters. The molecule has 0 saturated carbocycles. The number of hydrogen-bond acceptors (Lipinski definition) is 4. The Morgan fingerprint density at radius 2 is 2.25 bits per heavy atom. The monoisotopic (exact) mass is 298 g/mol. The summed E-state index contributed by atoms with van der Waals surface area (Å²) in [6, 6.07) is 5.42. The first-order valence-corrected chi connectivity index (χ1v) is 7.34. The highest BCUT2D eigenvalue weighted by molar-refractivity contribution is 6.32. The summed E-state index contributed by atoms with van der Waals surface area (Å²) in [6.45, 7) is 5.43. The Morgan fingerprint density at radius 3 is 2.95 bits per heavy atom. The van der Waals surface area contributed by atoms with Crippen molar-refractivity contribution in [3.05, 3.63) is 28.8 Å². The number of ether oxygens (including phenoxy) is 1. The first-order valence-electron chi connectivity index (χ1n) is 6.97. The lowest BCUT2D eigenvalue weighted by Gasteiger charge is -2.25. The summed E-state index contributed by atoms with van der Waals surface area (Å²) in [5, 5.41) is 9.88. The molecule has 1 aliphatic rings. The van der Waals surface area contributed by atoms with E-state index in [0.717, 1.165) is 45.0 Å². The number of phenols is 1. The maximum atomic E-state index is 9.46. The molecule has 1 heterocycles. The average molecular weight is 299 g/mol. The van der Waals surface area contributed by atoms with Crippen LogP contribution in [-0.4, -0.2) is 61.8 Å². The highest BCUT2D eigenvalue weighted by Gasteiger charge is 2.19. The third-order valence-corrected chi connectivity index (χ3v) is 3.77. The van der Waals surface area contributed by atoms with E-state index < -0.39 is 0 Å². The zero-order chi connectivity index (χ0) is 14.5. The van der Waals surface area contributed by atoms with E-state index >= 15 is 0 Å². The number of benzene rings is 1. The molecule has 0 bridgehead atoms. The van der Waals surface area contributed by atoms with Crippen molar-refractivity contribution in [3.63, 3.8) is 0 Å². The lowest BCUT2D eigenvalue weighted by molar-refractivity contribution is 0.112. The van der Waals surface area contributed by atoms with Gasteiger partial charge < -0.3 is 14.7 Å². The molecule has 1 aromatic carbocycles. The van der Waals surface area contributed by atoms with E-state index in [1.165, 1.54) is 0 Å². The van der Waals surface area contributed by atoms with Crippen LogP contribution in [0.1, 0.15) is 5.56 Å². The molecule has 0 unspecified atom stereocenters. The van der Waals surface area contributed by atoms with Gasteiger partial charge in [0.25, 0.3) is 0 Å². The fourth-order valence-corrected chi connectivity index (χ4v) is 2.83. The van der Waals surface area contributed by atoms with Crippen LogP contribution in [0.5, 0.6) is 5.75 Å². The van der Waals surface area contributed by atoms with Gasteiger partial charge in [0.1, 0.15) is 5.75 Å². The molecule has 4 nitrogen and oxygen atoms in total. The van der Waals surface area contributed by atoms with Crippen LogP contribution in [0.25, 0.3) is 0 Å². The maximum Gasteiger partial charge on any atom is 0.134 e. The van der Waals surface area contributed by atoms with Crippen LogP contribution in [0, 0.1) is 5.92 Å². The minimum absolute atomic E-state index is 0.139. The maximum absolute atomic E-state index is 9.46. The van der Waals surface area contributed by atoms with Gasteiger partial charge >= 0.3 is 0 Å². The molecule has 1 saturated heterocycles. The summed E-state index contributed by atoms with van der Waals surface area (Å²) in [5.41, 5.74) is 1.12. The van der Waals surface area contributed by atoms with Gasteiger partial charge in [-0.25, -0.2) is 0 Å². The highest BCUT2D eigenvalue weighted by atomic mass is 35.5. The fourth-order valence-electron chi connectivity index (χ4n) is 2.63. The Balaban J connectivity index is 1.97. The smallest absolute Gasteiger partial charge is 0.134 e. The number of hydrogen-bond donors (Lipinski definition) is 1. The Labute approximate surface area is 125 Å². The van der Waals surface area contributed by atoms with E-state index in [1.54, 1.807) is 6.07 Å². The second-order valence-electron chi connectivity index (χ2n) is 5.72. The molecule has 1 fully saturated rings. The van der Waals surface area contributed by atoms with Crippen LogP contribution in [0.15, 0.2) is 18.2 Å². The van der Waals surface area contributed by atoms with E-state index in [2.05, 4.69) is 23.9 Å². The molecule has 5 heteroatoms. The summed E-state index contributed by atoms with van der Waals surface area (Å²) in [5.74, 6) is 0.667. The van der Waals surface area contributed by atoms with Gasteiger partial charge in [-0.3, -0.25) is 4.90 Å². The van der Waals surface area contributed by atoms with Gasteiger partial charge in [-0.15, -0.1) is 0 Å². The summed E-state index contributed by atoms with van der Waals surface area (Å²) < 4.78 is 5.68. The zero-order valence-corrected chi connectivity index (χ0v) is 12.9. The average Bonchev–Trinajstić information content (AvgIpc) is 2.58. The largest absolute Gasteiger partial charge is 0.506 e. The van der Waals surface area contributed by atoms with Gasteiger partial charge in [-0.1, -0.05) is 17.7 Å². The number of nitrogens with zero attached hydrogens (tertiary/aromatic N) is 2. The first kappa shape index (κ1) is 15.6. The molecule has 2 rings (SSSR count). The summed E-state index contributed by atoms with van der Waals surface area (Å²) in [4.78, 5) is 4.60. The molecular formula is C15H23ClN2O2. The van der Waals surface area contributed by atoms with Crippen LogP contribution in [-0.2, 0) is 11.3 Å². The molecule has 1 N–H and O–H groups in total. The van der Waals surface area contributed by atoms with Gasteiger partial charge in [-0.2, -0.15) is 0 Å². The van der Waals surface area contributed by atoms with E-state index in [1.807, 2.05) is 12.1 Å². The van der Waals surface area contributed by atoms with Gasteiger partial charge in [0.15, 0.2) is 0 Å². The molecule has 112 valence electrons. The third-order valence-electron chi connectivity index (χ3n) is 3.46. The Morgan fingerprint density at radius 1 is 1.45 bits per heavy atom. The van der Waals surface area contributed by atoms with Crippen LogP contribution in [0.3, 0.4) is 0 Å². The zero-order valence-electron chi connectivity index (χ0n) is 12.2. The molecule has 0 radical (unpaired) electrons. The molecular weight excluding hydrogens is 276 g/mol. The second kappa shape index (κ2) is 7.27. The van der Waals surface area contributed by atoms with E-state index in [4.69, 9.17) is 16.3 Å². The normalized spacial score (nSPS) is 21.1. The summed E-state index contributed by atoms with van der Waals surface area (Å²) in [7, 11) is 4.18. The van der Waals surface area contributed by atoms with Gasteiger partial charge in [0, 0.05) is 32.1 Å². The first-order chi connectivity index (χ1) is 9.54. The quantitative estimate of drug-likeness (QED) is 0.923. The van der Waals surface area contributed by atoms with E-state index in [0.29, 0.717) is 10.9 Å². The van der Waals surface area contributed by atoms with Gasteiger partial charge in [0.05, 0.1) is 18.2 Å². The Bertz CT molecular complexity index is 440. The van der Waals surface area contributed by atoms with Gasteiger partial charge in [0.2, 0.25) is 0 Å². The molecule has 20 heavy (non-hydrogen) atoms. The van der Waals surface area contributed by atoms with Crippen LogP contribution in [0.2, 0.25) is 5.02 Å². The lowest BCUT2D eigenvalue weighted by Crippen LogP contribution is -2.34. The minimum atomic E-state index is 0.139. The van der Waals surface area contributed by atoms with E-state index in [-0.39, 0.29) is 5.75 Å². The lowest BCUT2D eigenvalue weighted by atomic mass is 10.1. The third kappa shape index (κ3) is 4.63. The van der Waals surface area contributed by atoms with Crippen molar-refractivity contribution in [1.82, 2.24) is 9.80 Å². The van der Waals surface area contributed by atoms with Crippen molar-refractivity contribution in [2.24, 2.45) is 5.92 Å². The molecule has 1 aliphatic heterocycles. The fraction of sp³-hybridized carbons (Fsp3) is 0.600. The minimum Gasteiger partial charge on any atom is -0.506 e. The van der Waals surface area contributed by atoms with Crippen molar-refractivity contribution in [2.45, 2.75) is 6.54 Å². The predicted molar refractivity (Wildman–Crippen MR) is 81.3 cm³/mol. The Kier molecular flexibility index (Phi) is 5.66. The van der Waals surface area contributed by atoms with Crippen molar-refractivity contribution in [2.75, 3.05) is 46.9 Å². The molecule has 0 spiro atoms. The molecule has 1 aromatic rings. The highest BCUT2D eigenvalue weighted by Crippen LogP contribution is 2.24. The molecule has 0 aromatic heterocycles.